The number of nitrogens with zero attached hydrogens (tertiary/aromatic N) is 2. The summed E-state index contributed by atoms with van der Waals surface area (Å²) in [4.78, 5) is 23.4. The highest BCUT2D eigenvalue weighted by atomic mass is 35.5. The monoisotopic (exact) mass is 427 g/mol. The third-order valence-electron chi connectivity index (χ3n) is 3.82. The third kappa shape index (κ3) is 4.27. The van der Waals surface area contributed by atoms with Crippen molar-refractivity contribution < 1.29 is 27.1 Å². The van der Waals surface area contributed by atoms with Crippen LogP contribution in [-0.4, -0.2) is 22.8 Å². The van der Waals surface area contributed by atoms with E-state index in [1.807, 2.05) is 0 Å². The Morgan fingerprint density at radius 2 is 1.90 bits per heavy atom. The van der Waals surface area contributed by atoms with Crippen molar-refractivity contribution in [1.29, 1.82) is 0 Å². The molecular formula is C18H13ClF3N3O4. The van der Waals surface area contributed by atoms with E-state index in [9.17, 15) is 22.8 Å². The quantitative estimate of drug-likeness (QED) is 0.676. The van der Waals surface area contributed by atoms with Crippen molar-refractivity contribution in [2.24, 2.45) is 0 Å². The summed E-state index contributed by atoms with van der Waals surface area (Å²) in [5.74, 6) is -1.22. The molecule has 11 heteroatoms. The smallest absolute Gasteiger partial charge is 0.442 e. The third-order valence-corrected chi connectivity index (χ3v) is 4.13. The van der Waals surface area contributed by atoms with E-state index >= 15 is 0 Å². The van der Waals surface area contributed by atoms with Gasteiger partial charge in [0.15, 0.2) is 0 Å². The van der Waals surface area contributed by atoms with E-state index in [1.54, 1.807) is 0 Å². The summed E-state index contributed by atoms with van der Waals surface area (Å²) in [5.41, 5.74) is -0.281. The van der Waals surface area contributed by atoms with Crippen LogP contribution in [0.5, 0.6) is 5.75 Å². The van der Waals surface area contributed by atoms with E-state index in [0.29, 0.717) is 0 Å². The topological polar surface area (TPSA) is 86.4 Å². The predicted octanol–water partition coefficient (Wildman–Crippen LogP) is 4.13. The normalized spacial score (nSPS) is 11.4. The van der Waals surface area contributed by atoms with E-state index < -0.39 is 17.5 Å². The molecule has 1 N–H and O–H groups in total. The van der Waals surface area contributed by atoms with Crippen molar-refractivity contribution in [2.45, 2.75) is 13.1 Å². The molecule has 1 heterocycles. The summed E-state index contributed by atoms with van der Waals surface area (Å²) < 4.78 is 49.3. The number of alkyl halides is 3. The highest BCUT2D eigenvalue weighted by Crippen LogP contribution is 2.36. The number of benzene rings is 2. The summed E-state index contributed by atoms with van der Waals surface area (Å²) in [6.07, 6.45) is -4.50. The number of halogens is 4. The maximum absolute atomic E-state index is 12.7. The summed E-state index contributed by atoms with van der Waals surface area (Å²) >= 11 is 6.14. The number of anilines is 1. The first-order valence-electron chi connectivity index (χ1n) is 8.03. The molecule has 0 unspecified atom stereocenters. The first kappa shape index (κ1) is 20.5. The highest BCUT2D eigenvalue weighted by molar-refractivity contribution is 6.34. The summed E-state index contributed by atoms with van der Waals surface area (Å²) in [6.45, 7) is 1.31. The predicted molar refractivity (Wildman–Crippen MR) is 98.4 cm³/mol. The standard InChI is InChI=1S/C18H13ClF3N3O4/c1-9(26)23-14-8-15(28-2)12(7-13(14)19)16-24-25(17(27)29-16)11-5-3-10(4-6-11)18(20,21)22/h3-8H,1-2H3,(H,23,26). The van der Waals surface area contributed by atoms with Crippen LogP contribution in [0.2, 0.25) is 5.02 Å². The van der Waals surface area contributed by atoms with Crippen LogP contribution in [-0.2, 0) is 11.0 Å². The van der Waals surface area contributed by atoms with E-state index in [0.717, 1.165) is 28.9 Å². The number of hydrogen-bond donors (Lipinski definition) is 1. The molecule has 0 saturated heterocycles. The van der Waals surface area contributed by atoms with Gasteiger partial charge in [0, 0.05) is 13.0 Å². The van der Waals surface area contributed by atoms with Crippen molar-refractivity contribution in [3.8, 4) is 22.9 Å². The van der Waals surface area contributed by atoms with Crippen LogP contribution in [0.3, 0.4) is 0 Å². The highest BCUT2D eigenvalue weighted by Gasteiger charge is 2.30. The maximum atomic E-state index is 12.7. The second-order valence-corrected chi connectivity index (χ2v) is 6.25. The van der Waals surface area contributed by atoms with Crippen LogP contribution in [0.15, 0.2) is 45.6 Å². The van der Waals surface area contributed by atoms with Crippen LogP contribution in [0.25, 0.3) is 17.1 Å². The zero-order valence-electron chi connectivity index (χ0n) is 15.0. The van der Waals surface area contributed by atoms with Gasteiger partial charge in [0.1, 0.15) is 5.75 Å². The number of carbonyl (C=O) groups is 1. The molecule has 0 saturated carbocycles. The van der Waals surface area contributed by atoms with E-state index in [4.69, 9.17) is 20.8 Å². The molecule has 2 aromatic carbocycles. The Hall–Kier alpha value is -3.27. The number of nitrogens with one attached hydrogen (secondary N) is 1. The molecule has 1 amide bonds. The number of amides is 1. The van der Waals surface area contributed by atoms with Crippen molar-refractivity contribution in [2.75, 3.05) is 12.4 Å². The van der Waals surface area contributed by atoms with Gasteiger partial charge in [-0.1, -0.05) is 11.6 Å². The Morgan fingerprint density at radius 1 is 1.24 bits per heavy atom. The van der Waals surface area contributed by atoms with Gasteiger partial charge in [0.25, 0.3) is 5.89 Å². The molecule has 0 aliphatic rings. The van der Waals surface area contributed by atoms with Crippen molar-refractivity contribution in [3.63, 3.8) is 0 Å². The molecule has 152 valence electrons. The second kappa shape index (κ2) is 7.63. The lowest BCUT2D eigenvalue weighted by Gasteiger charge is -2.10. The molecule has 0 radical (unpaired) electrons. The van der Waals surface area contributed by atoms with E-state index in [2.05, 4.69) is 10.4 Å². The Morgan fingerprint density at radius 3 is 2.45 bits per heavy atom. The Bertz CT molecular complexity index is 1120. The Kier molecular flexibility index (Phi) is 5.38. The van der Waals surface area contributed by atoms with Gasteiger partial charge in [0.2, 0.25) is 5.91 Å². The van der Waals surface area contributed by atoms with Crippen molar-refractivity contribution in [3.05, 3.63) is 57.5 Å². The van der Waals surface area contributed by atoms with Gasteiger partial charge in [-0.2, -0.15) is 17.9 Å². The Labute approximate surface area is 166 Å². The van der Waals surface area contributed by atoms with Crippen LogP contribution >= 0.6 is 11.6 Å². The first-order chi connectivity index (χ1) is 13.6. The zero-order valence-corrected chi connectivity index (χ0v) is 15.8. The fraction of sp³-hybridized carbons (Fsp3) is 0.167. The molecule has 0 aliphatic heterocycles. The van der Waals surface area contributed by atoms with Crippen LogP contribution < -0.4 is 15.8 Å². The van der Waals surface area contributed by atoms with Gasteiger partial charge >= 0.3 is 11.9 Å². The summed E-state index contributed by atoms with van der Waals surface area (Å²) in [5, 5.41) is 6.68. The van der Waals surface area contributed by atoms with Crippen LogP contribution in [0.4, 0.5) is 18.9 Å². The summed E-state index contributed by atoms with van der Waals surface area (Å²) in [6, 6.07) is 6.66. The van der Waals surface area contributed by atoms with Gasteiger partial charge in [0.05, 0.1) is 34.6 Å². The number of ether oxygens (including phenoxy) is 1. The first-order valence-corrected chi connectivity index (χ1v) is 8.41. The fourth-order valence-electron chi connectivity index (χ4n) is 2.52. The molecular weight excluding hydrogens is 415 g/mol. The molecule has 3 aromatic rings. The van der Waals surface area contributed by atoms with Gasteiger partial charge < -0.3 is 14.5 Å². The fourth-order valence-corrected chi connectivity index (χ4v) is 2.73. The molecule has 0 aliphatic carbocycles. The summed E-state index contributed by atoms with van der Waals surface area (Å²) in [7, 11) is 1.36. The zero-order chi connectivity index (χ0) is 21.3. The lowest BCUT2D eigenvalue weighted by Crippen LogP contribution is -2.14. The molecule has 0 fully saturated rings. The molecule has 0 spiro atoms. The Balaban J connectivity index is 2.03. The largest absolute Gasteiger partial charge is 0.496 e. The van der Waals surface area contributed by atoms with Gasteiger partial charge in [-0.25, -0.2) is 4.79 Å². The average molecular weight is 428 g/mol. The molecule has 7 nitrogen and oxygen atoms in total. The lowest BCUT2D eigenvalue weighted by molar-refractivity contribution is -0.137. The van der Waals surface area contributed by atoms with Crippen molar-refractivity contribution in [1.82, 2.24) is 9.78 Å². The molecule has 0 bridgehead atoms. The SMILES string of the molecule is COc1cc(NC(C)=O)c(Cl)cc1-c1nn(-c2ccc(C(F)(F)F)cc2)c(=O)o1. The minimum Gasteiger partial charge on any atom is -0.496 e. The minimum absolute atomic E-state index is 0.0814. The molecule has 0 atom stereocenters. The number of rotatable bonds is 4. The molecule has 29 heavy (non-hydrogen) atoms. The van der Waals surface area contributed by atoms with Crippen LogP contribution in [0, 0.1) is 0 Å². The number of methoxy groups -OCH3 is 1. The van der Waals surface area contributed by atoms with Gasteiger partial charge in [-0.15, -0.1) is 5.10 Å². The van der Waals surface area contributed by atoms with E-state index in [1.165, 1.54) is 26.2 Å². The number of carbonyl (C=O) groups excluding carboxylic acids is 1. The van der Waals surface area contributed by atoms with Gasteiger partial charge in [-0.05, 0) is 30.3 Å². The molecule has 1 aromatic heterocycles. The molecule has 3 rings (SSSR count). The van der Waals surface area contributed by atoms with Gasteiger partial charge in [-0.3, -0.25) is 4.79 Å². The number of aromatic nitrogens is 2. The van der Waals surface area contributed by atoms with Crippen LogP contribution in [0.1, 0.15) is 12.5 Å². The average Bonchev–Trinajstić information content (AvgIpc) is 3.03. The second-order valence-electron chi connectivity index (χ2n) is 5.84. The van der Waals surface area contributed by atoms with Crippen molar-refractivity contribution >= 4 is 23.2 Å². The van der Waals surface area contributed by atoms with E-state index in [-0.39, 0.29) is 39.5 Å². The minimum atomic E-state index is -4.50. The lowest BCUT2D eigenvalue weighted by atomic mass is 10.1. The number of hydrogen-bond acceptors (Lipinski definition) is 5. The maximum Gasteiger partial charge on any atom is 0.442 e.